The summed E-state index contributed by atoms with van der Waals surface area (Å²) >= 11 is 0. The fraction of sp³-hybridized carbons (Fsp3) is 0.0714. The van der Waals surface area contributed by atoms with Crippen molar-refractivity contribution < 1.29 is 13.6 Å². The Kier molecular flexibility index (Phi) is 2.30. The van der Waals surface area contributed by atoms with Crippen LogP contribution < -0.4 is 0 Å². The second-order valence-electron chi connectivity index (χ2n) is 4.13. The van der Waals surface area contributed by atoms with Crippen LogP contribution in [-0.4, -0.2) is 10.8 Å². The zero-order valence-electron chi connectivity index (χ0n) is 9.66. The van der Waals surface area contributed by atoms with Gasteiger partial charge in [0.1, 0.15) is 11.6 Å². The number of benzene rings is 1. The maximum Gasteiger partial charge on any atom is 0.230 e. The van der Waals surface area contributed by atoms with Crippen molar-refractivity contribution in [2.75, 3.05) is 0 Å². The molecule has 2 aromatic heterocycles. The SMILES string of the molecule is Cc1ccc(C(=O)c2c[nH]c3cc(F)ccc23)o1. The van der Waals surface area contributed by atoms with E-state index in [0.29, 0.717) is 22.2 Å². The standard InChI is InChI=1S/C14H10FNO2/c1-8-2-5-13(18-8)14(17)11-7-16-12-6-9(15)3-4-10(11)12/h2-7,16H,1H3. The maximum atomic E-state index is 13.0. The van der Waals surface area contributed by atoms with E-state index in [1.807, 2.05) is 0 Å². The van der Waals surface area contributed by atoms with Crippen molar-refractivity contribution in [2.45, 2.75) is 6.92 Å². The van der Waals surface area contributed by atoms with Crippen LogP contribution in [0.15, 0.2) is 40.9 Å². The Balaban J connectivity index is 2.12. The first-order valence-electron chi connectivity index (χ1n) is 5.53. The van der Waals surface area contributed by atoms with Gasteiger partial charge in [0.25, 0.3) is 0 Å². The van der Waals surface area contributed by atoms with Crippen molar-refractivity contribution in [3.05, 3.63) is 59.4 Å². The predicted molar refractivity (Wildman–Crippen MR) is 65.1 cm³/mol. The Morgan fingerprint density at radius 3 is 2.83 bits per heavy atom. The number of aryl methyl sites for hydroxylation is 1. The summed E-state index contributed by atoms with van der Waals surface area (Å²) in [6, 6.07) is 7.66. The molecule has 0 saturated heterocycles. The van der Waals surface area contributed by atoms with Crippen LogP contribution >= 0.6 is 0 Å². The molecule has 0 saturated carbocycles. The van der Waals surface area contributed by atoms with E-state index < -0.39 is 0 Å². The van der Waals surface area contributed by atoms with Gasteiger partial charge in [-0.3, -0.25) is 4.79 Å². The Labute approximate surface area is 102 Å². The Hall–Kier alpha value is -2.36. The summed E-state index contributed by atoms with van der Waals surface area (Å²) < 4.78 is 18.4. The van der Waals surface area contributed by atoms with Gasteiger partial charge in [-0.05, 0) is 37.3 Å². The van der Waals surface area contributed by atoms with Crippen molar-refractivity contribution >= 4 is 16.7 Å². The van der Waals surface area contributed by atoms with E-state index in [0.717, 1.165) is 0 Å². The first-order chi connectivity index (χ1) is 8.65. The monoisotopic (exact) mass is 243 g/mol. The van der Waals surface area contributed by atoms with Crippen molar-refractivity contribution in [3.63, 3.8) is 0 Å². The molecule has 3 nitrogen and oxygen atoms in total. The minimum absolute atomic E-state index is 0.207. The third kappa shape index (κ3) is 1.62. The number of fused-ring (bicyclic) bond motifs is 1. The highest BCUT2D eigenvalue weighted by Gasteiger charge is 2.17. The van der Waals surface area contributed by atoms with Gasteiger partial charge in [-0.25, -0.2) is 4.39 Å². The minimum atomic E-state index is -0.336. The number of aromatic amines is 1. The van der Waals surface area contributed by atoms with Crippen LogP contribution in [0.3, 0.4) is 0 Å². The number of nitrogens with one attached hydrogen (secondary N) is 1. The lowest BCUT2D eigenvalue weighted by atomic mass is 10.1. The Morgan fingerprint density at radius 1 is 1.28 bits per heavy atom. The Morgan fingerprint density at radius 2 is 2.11 bits per heavy atom. The number of ketones is 1. The van der Waals surface area contributed by atoms with Crippen LogP contribution in [0.2, 0.25) is 0 Å². The number of hydrogen-bond acceptors (Lipinski definition) is 2. The van der Waals surface area contributed by atoms with Crippen LogP contribution in [0.4, 0.5) is 4.39 Å². The third-order valence-corrected chi connectivity index (χ3v) is 2.85. The molecule has 0 bridgehead atoms. The summed E-state index contributed by atoms with van der Waals surface area (Å²) in [5.74, 6) is 0.431. The number of H-pyrrole nitrogens is 1. The average Bonchev–Trinajstić information content (AvgIpc) is 2.94. The summed E-state index contributed by atoms with van der Waals surface area (Å²) in [5.41, 5.74) is 1.08. The van der Waals surface area contributed by atoms with Gasteiger partial charge < -0.3 is 9.40 Å². The minimum Gasteiger partial charge on any atom is -0.458 e. The molecule has 1 N–H and O–H groups in total. The molecule has 1 aromatic carbocycles. The number of rotatable bonds is 2. The van der Waals surface area contributed by atoms with E-state index in [2.05, 4.69) is 4.98 Å². The molecular weight excluding hydrogens is 233 g/mol. The highest BCUT2D eigenvalue weighted by molar-refractivity contribution is 6.15. The van der Waals surface area contributed by atoms with Crippen molar-refractivity contribution in [1.29, 1.82) is 0 Å². The van der Waals surface area contributed by atoms with Crippen LogP contribution in [0.5, 0.6) is 0 Å². The van der Waals surface area contributed by atoms with E-state index in [4.69, 9.17) is 4.42 Å². The highest BCUT2D eigenvalue weighted by Crippen LogP contribution is 2.22. The third-order valence-electron chi connectivity index (χ3n) is 2.85. The zero-order chi connectivity index (χ0) is 12.7. The van der Waals surface area contributed by atoms with Crippen molar-refractivity contribution in [1.82, 2.24) is 4.98 Å². The lowest BCUT2D eigenvalue weighted by Gasteiger charge is -1.96. The average molecular weight is 243 g/mol. The van der Waals surface area contributed by atoms with Crippen molar-refractivity contribution in [3.8, 4) is 0 Å². The predicted octanol–water partition coefficient (Wildman–Crippen LogP) is 3.44. The van der Waals surface area contributed by atoms with Crippen molar-refractivity contribution in [2.24, 2.45) is 0 Å². The first kappa shape index (κ1) is 10.8. The van der Waals surface area contributed by atoms with Gasteiger partial charge in [0.05, 0.1) is 5.56 Å². The number of furan rings is 1. The van der Waals surface area contributed by atoms with E-state index in [1.165, 1.54) is 12.1 Å². The largest absolute Gasteiger partial charge is 0.458 e. The Bertz CT molecular complexity index is 739. The summed E-state index contributed by atoms with van der Waals surface area (Å²) in [6.45, 7) is 1.78. The smallest absolute Gasteiger partial charge is 0.230 e. The lowest BCUT2D eigenvalue weighted by Crippen LogP contribution is -1.98. The normalized spacial score (nSPS) is 11.0. The van der Waals surface area contributed by atoms with Gasteiger partial charge in [-0.2, -0.15) is 0 Å². The number of carbonyl (C=O) groups excluding carboxylic acids is 1. The lowest BCUT2D eigenvalue weighted by molar-refractivity contribution is 0.101. The highest BCUT2D eigenvalue weighted by atomic mass is 19.1. The molecule has 0 aliphatic rings. The van der Waals surface area contributed by atoms with E-state index in [1.54, 1.807) is 31.3 Å². The molecule has 0 aliphatic carbocycles. The number of carbonyl (C=O) groups is 1. The quantitative estimate of drug-likeness (QED) is 0.701. The molecule has 0 spiro atoms. The fourth-order valence-corrected chi connectivity index (χ4v) is 1.98. The number of hydrogen-bond donors (Lipinski definition) is 1. The van der Waals surface area contributed by atoms with Gasteiger partial charge in [0, 0.05) is 17.1 Å². The van der Waals surface area contributed by atoms with E-state index in [9.17, 15) is 9.18 Å². The molecular formula is C14H10FNO2. The maximum absolute atomic E-state index is 13.0. The van der Waals surface area contributed by atoms with E-state index >= 15 is 0 Å². The molecule has 3 aromatic rings. The van der Waals surface area contributed by atoms with Crippen LogP contribution in [-0.2, 0) is 0 Å². The molecule has 90 valence electrons. The molecule has 0 atom stereocenters. The molecule has 2 heterocycles. The van der Waals surface area contributed by atoms with E-state index in [-0.39, 0.29) is 17.4 Å². The fourth-order valence-electron chi connectivity index (χ4n) is 1.98. The molecule has 0 aliphatic heterocycles. The second kappa shape index (κ2) is 3.84. The molecule has 4 heteroatoms. The molecule has 0 amide bonds. The molecule has 0 radical (unpaired) electrons. The first-order valence-corrected chi connectivity index (χ1v) is 5.53. The van der Waals surface area contributed by atoms with Gasteiger partial charge >= 0.3 is 0 Å². The van der Waals surface area contributed by atoms with Crippen LogP contribution in [0, 0.1) is 12.7 Å². The molecule has 18 heavy (non-hydrogen) atoms. The summed E-state index contributed by atoms with van der Waals surface area (Å²) in [6.07, 6.45) is 1.57. The van der Waals surface area contributed by atoms with Gasteiger partial charge in [0.15, 0.2) is 5.76 Å². The van der Waals surface area contributed by atoms with Gasteiger partial charge in [0.2, 0.25) is 5.78 Å². The molecule has 3 rings (SSSR count). The number of aromatic nitrogens is 1. The zero-order valence-corrected chi connectivity index (χ0v) is 9.66. The summed E-state index contributed by atoms with van der Waals surface area (Å²) in [5, 5.41) is 0.690. The molecule has 0 fully saturated rings. The summed E-state index contributed by atoms with van der Waals surface area (Å²) in [4.78, 5) is 15.1. The van der Waals surface area contributed by atoms with Gasteiger partial charge in [-0.15, -0.1) is 0 Å². The van der Waals surface area contributed by atoms with Crippen LogP contribution in [0.25, 0.3) is 10.9 Å². The van der Waals surface area contributed by atoms with Crippen LogP contribution in [0.1, 0.15) is 21.9 Å². The van der Waals surface area contributed by atoms with Gasteiger partial charge in [-0.1, -0.05) is 0 Å². The summed E-state index contributed by atoms with van der Waals surface area (Å²) in [7, 11) is 0. The topological polar surface area (TPSA) is 46.0 Å². The second-order valence-corrected chi connectivity index (χ2v) is 4.13. The molecule has 0 unspecified atom stereocenters. The number of halogens is 1.